The third-order valence-corrected chi connectivity index (χ3v) is 8.25. The van der Waals surface area contributed by atoms with Gasteiger partial charge >= 0.3 is 12.2 Å². The van der Waals surface area contributed by atoms with E-state index in [9.17, 15) is 24.3 Å². The maximum absolute atomic E-state index is 14.3. The van der Waals surface area contributed by atoms with Gasteiger partial charge in [0.1, 0.15) is 18.2 Å². The van der Waals surface area contributed by atoms with Crippen molar-refractivity contribution in [2.45, 2.75) is 97.1 Å². The molecule has 4 rings (SSSR count). The molecule has 0 aromatic heterocycles. The van der Waals surface area contributed by atoms with E-state index in [0.29, 0.717) is 18.4 Å². The number of aliphatic hydroxyl groups is 1. The van der Waals surface area contributed by atoms with Crippen LogP contribution in [0.3, 0.4) is 0 Å². The second-order valence-corrected chi connectivity index (χ2v) is 14.1. The summed E-state index contributed by atoms with van der Waals surface area (Å²) in [5, 5.41) is 16.5. The fourth-order valence-electron chi connectivity index (χ4n) is 5.89. The number of hydrogen-bond acceptors (Lipinski definition) is 7. The number of ether oxygens (including phenoxy) is 2. The van der Waals surface area contributed by atoms with Gasteiger partial charge in [-0.3, -0.25) is 14.5 Å². The largest absolute Gasteiger partial charge is 0.445 e. The zero-order valence-electron chi connectivity index (χ0n) is 28.0. The van der Waals surface area contributed by atoms with E-state index in [1.807, 2.05) is 49.4 Å². The van der Waals surface area contributed by atoms with E-state index in [1.165, 1.54) is 14.9 Å². The van der Waals surface area contributed by atoms with Gasteiger partial charge in [-0.15, -0.1) is 0 Å². The van der Waals surface area contributed by atoms with Gasteiger partial charge in [-0.25, -0.2) is 19.6 Å². The standard InChI is InChI=1S/C35H48N4O7/c1-8-12-25(19-36-30(41)24-15-17-26(18-16-24)34(2,3)4)31(42)39-29-27(20-38(39)33(44)46-35(5,6)7)37(21-28(29)40)32(43)45-22-23-13-10-9-11-14-23/h9-11,13-18,25,27-29,40H,8,12,19-22H2,1-7H3,(H,36,41)/t25-,27+,28-,29-/m0/s1. The maximum atomic E-state index is 14.3. The Balaban J connectivity index is 1.54. The molecule has 11 nitrogen and oxygen atoms in total. The number of β-amino-alcohol motifs (C(OH)–C–C–N with tert-alkyl or cyclic N) is 1. The molecule has 2 heterocycles. The second-order valence-electron chi connectivity index (χ2n) is 14.1. The average Bonchev–Trinajstić information content (AvgIpc) is 3.54. The highest BCUT2D eigenvalue weighted by Gasteiger charge is 2.58. The highest BCUT2D eigenvalue weighted by atomic mass is 16.6. The van der Waals surface area contributed by atoms with E-state index in [1.54, 1.807) is 32.9 Å². The minimum absolute atomic E-state index is 0.0293. The van der Waals surface area contributed by atoms with Gasteiger partial charge in [-0.2, -0.15) is 0 Å². The van der Waals surface area contributed by atoms with Gasteiger partial charge in [-0.1, -0.05) is 76.6 Å². The van der Waals surface area contributed by atoms with Crippen molar-refractivity contribution in [1.29, 1.82) is 0 Å². The van der Waals surface area contributed by atoms with Crippen molar-refractivity contribution in [2.75, 3.05) is 19.6 Å². The summed E-state index contributed by atoms with van der Waals surface area (Å²) in [6, 6.07) is 15.0. The Bertz CT molecular complexity index is 1380. The van der Waals surface area contributed by atoms with Crippen LogP contribution in [0, 0.1) is 5.92 Å². The minimum Gasteiger partial charge on any atom is -0.445 e. The molecule has 2 aliphatic rings. The predicted molar refractivity (Wildman–Crippen MR) is 173 cm³/mol. The summed E-state index contributed by atoms with van der Waals surface area (Å²) in [6.07, 6.45) is -1.48. The zero-order valence-corrected chi connectivity index (χ0v) is 28.0. The first kappa shape index (κ1) is 34.7. The molecule has 2 aliphatic heterocycles. The number of likely N-dealkylation sites (tertiary alicyclic amines) is 1. The number of carbonyl (C=O) groups excluding carboxylic acids is 4. The third-order valence-electron chi connectivity index (χ3n) is 8.25. The monoisotopic (exact) mass is 636 g/mol. The van der Waals surface area contributed by atoms with Crippen LogP contribution < -0.4 is 5.32 Å². The third kappa shape index (κ3) is 8.17. The number of hydrazine groups is 1. The van der Waals surface area contributed by atoms with E-state index in [2.05, 4.69) is 26.1 Å². The second kappa shape index (κ2) is 14.1. The van der Waals surface area contributed by atoms with Gasteiger partial charge in [0.25, 0.3) is 5.91 Å². The van der Waals surface area contributed by atoms with Gasteiger partial charge in [-0.05, 0) is 55.9 Å². The molecule has 46 heavy (non-hydrogen) atoms. The van der Waals surface area contributed by atoms with Crippen molar-refractivity contribution >= 4 is 24.0 Å². The molecule has 0 radical (unpaired) electrons. The molecule has 0 bridgehead atoms. The zero-order chi connectivity index (χ0) is 33.8. The fraction of sp³-hybridized carbons (Fsp3) is 0.543. The van der Waals surface area contributed by atoms with Crippen molar-refractivity contribution in [3.05, 3.63) is 71.3 Å². The van der Waals surface area contributed by atoms with Gasteiger partial charge in [0.05, 0.1) is 31.2 Å². The van der Waals surface area contributed by atoms with E-state index in [-0.39, 0.29) is 37.6 Å². The molecule has 0 aliphatic carbocycles. The molecule has 2 aromatic rings. The summed E-state index contributed by atoms with van der Waals surface area (Å²) in [7, 11) is 0. The van der Waals surface area contributed by atoms with Crippen LogP contribution >= 0.6 is 0 Å². The van der Waals surface area contributed by atoms with E-state index in [0.717, 1.165) is 11.1 Å². The number of aliphatic hydroxyl groups excluding tert-OH is 1. The van der Waals surface area contributed by atoms with Crippen molar-refractivity contribution in [2.24, 2.45) is 5.92 Å². The van der Waals surface area contributed by atoms with Crippen LogP contribution in [-0.4, -0.2) is 87.4 Å². The first-order valence-electron chi connectivity index (χ1n) is 16.0. The van der Waals surface area contributed by atoms with Crippen LogP contribution in [0.5, 0.6) is 0 Å². The van der Waals surface area contributed by atoms with Crippen LogP contribution in [-0.2, 0) is 26.3 Å². The smallest absolute Gasteiger partial charge is 0.429 e. The van der Waals surface area contributed by atoms with Crippen LogP contribution in [0.4, 0.5) is 9.59 Å². The summed E-state index contributed by atoms with van der Waals surface area (Å²) >= 11 is 0. The van der Waals surface area contributed by atoms with Crippen molar-refractivity contribution in [3.8, 4) is 0 Å². The van der Waals surface area contributed by atoms with Gasteiger partial charge in [0, 0.05) is 12.1 Å². The molecule has 0 saturated carbocycles. The number of rotatable bonds is 8. The minimum atomic E-state index is -1.14. The van der Waals surface area contributed by atoms with Gasteiger partial charge in [0.2, 0.25) is 5.91 Å². The van der Waals surface area contributed by atoms with Crippen molar-refractivity contribution in [1.82, 2.24) is 20.2 Å². The van der Waals surface area contributed by atoms with Crippen LogP contribution in [0.2, 0.25) is 0 Å². The van der Waals surface area contributed by atoms with Crippen molar-refractivity contribution < 1.29 is 33.8 Å². The average molecular weight is 637 g/mol. The summed E-state index contributed by atoms with van der Waals surface area (Å²) < 4.78 is 11.2. The highest BCUT2D eigenvalue weighted by Crippen LogP contribution is 2.35. The maximum Gasteiger partial charge on any atom is 0.429 e. The molecule has 2 saturated heterocycles. The van der Waals surface area contributed by atoms with Crippen LogP contribution in [0.1, 0.15) is 82.8 Å². The van der Waals surface area contributed by atoms with E-state index in [4.69, 9.17) is 9.47 Å². The molecule has 4 atom stereocenters. The fourth-order valence-corrected chi connectivity index (χ4v) is 5.89. The van der Waals surface area contributed by atoms with Crippen molar-refractivity contribution in [3.63, 3.8) is 0 Å². The number of carbonyl (C=O) groups is 4. The first-order valence-corrected chi connectivity index (χ1v) is 16.0. The Hall–Kier alpha value is -4.12. The van der Waals surface area contributed by atoms with E-state index >= 15 is 0 Å². The lowest BCUT2D eigenvalue weighted by molar-refractivity contribution is -0.154. The number of hydrogen-bond donors (Lipinski definition) is 2. The van der Waals surface area contributed by atoms with Crippen LogP contribution in [0.15, 0.2) is 54.6 Å². The lowest BCUT2D eigenvalue weighted by Gasteiger charge is -2.36. The number of fused-ring (bicyclic) bond motifs is 1. The molecular weight excluding hydrogens is 588 g/mol. The summed E-state index contributed by atoms with van der Waals surface area (Å²) in [4.78, 5) is 55.4. The van der Waals surface area contributed by atoms with Crippen LogP contribution in [0.25, 0.3) is 0 Å². The Kier molecular flexibility index (Phi) is 10.7. The first-order chi connectivity index (χ1) is 21.6. The predicted octanol–water partition coefficient (Wildman–Crippen LogP) is 4.88. The Morgan fingerprint density at radius 2 is 1.59 bits per heavy atom. The number of nitrogens with one attached hydrogen (secondary N) is 1. The molecule has 11 heteroatoms. The number of amides is 4. The Labute approximate surface area is 271 Å². The number of nitrogens with zero attached hydrogens (tertiary/aromatic N) is 3. The normalized spacial score (nSPS) is 20.3. The molecule has 250 valence electrons. The molecule has 4 amide bonds. The molecule has 2 N–H and O–H groups in total. The lowest BCUT2D eigenvalue weighted by atomic mass is 9.86. The highest BCUT2D eigenvalue weighted by molar-refractivity contribution is 5.94. The molecular formula is C35H48N4O7. The lowest BCUT2D eigenvalue weighted by Crippen LogP contribution is -2.55. The van der Waals surface area contributed by atoms with Gasteiger partial charge < -0.3 is 19.9 Å². The SMILES string of the molecule is CCC[C@@H](CNC(=O)c1ccc(C(C)(C)C)cc1)C(=O)N1[C@H]2[C@@H](CN1C(=O)OC(C)(C)C)N(C(=O)OCc1ccccc1)C[C@@H]2O. The Morgan fingerprint density at radius 3 is 2.17 bits per heavy atom. The topological polar surface area (TPSA) is 129 Å². The molecule has 2 aromatic carbocycles. The Morgan fingerprint density at radius 1 is 0.935 bits per heavy atom. The molecule has 0 unspecified atom stereocenters. The molecule has 0 spiro atoms. The molecule has 2 fully saturated rings. The summed E-state index contributed by atoms with van der Waals surface area (Å²) in [5.41, 5.74) is 1.47. The van der Waals surface area contributed by atoms with Gasteiger partial charge in [0.15, 0.2) is 0 Å². The van der Waals surface area contributed by atoms with E-state index < -0.39 is 47.8 Å². The number of benzene rings is 2. The summed E-state index contributed by atoms with van der Waals surface area (Å²) in [6.45, 7) is 13.3. The summed E-state index contributed by atoms with van der Waals surface area (Å²) in [5.74, 6) is -1.45. The quantitative estimate of drug-likeness (QED) is 0.423.